The molecule has 0 radical (unpaired) electrons. The van der Waals surface area contributed by atoms with Gasteiger partial charge in [0.05, 0.1) is 0 Å². The molecular formula is C14H12N2S. The van der Waals surface area contributed by atoms with Crippen LogP contribution in [0.4, 0.5) is 0 Å². The molecule has 0 aliphatic heterocycles. The summed E-state index contributed by atoms with van der Waals surface area (Å²) in [5.41, 5.74) is 2.37. The standard InChI is InChI=1S/C14H12N2S/c1-17-14-13(11-7-3-2-4-8-11)15-12-9-5-6-10-16(12)14/h2-10H,1H3/i1D3. The Kier molecular flexibility index (Phi) is 1.89. The minimum absolute atomic E-state index is 0.645. The third kappa shape index (κ3) is 1.72. The highest BCUT2D eigenvalue weighted by atomic mass is 32.2. The molecule has 0 spiro atoms. The third-order valence-corrected chi connectivity index (χ3v) is 3.21. The van der Waals surface area contributed by atoms with E-state index in [1.807, 2.05) is 59.1 Å². The van der Waals surface area contributed by atoms with Gasteiger partial charge in [-0.25, -0.2) is 4.98 Å². The normalized spacial score (nSPS) is 14.2. The van der Waals surface area contributed by atoms with Gasteiger partial charge in [0, 0.05) is 15.9 Å². The van der Waals surface area contributed by atoms with Gasteiger partial charge in [-0.2, -0.15) is 0 Å². The molecule has 3 aromatic rings. The fourth-order valence-corrected chi connectivity index (χ4v) is 2.37. The van der Waals surface area contributed by atoms with Gasteiger partial charge in [0.15, 0.2) is 0 Å². The monoisotopic (exact) mass is 243 g/mol. The zero-order valence-corrected chi connectivity index (χ0v) is 9.82. The van der Waals surface area contributed by atoms with Crippen LogP contribution in [-0.4, -0.2) is 15.6 Å². The molecule has 2 nitrogen and oxygen atoms in total. The van der Waals surface area contributed by atoms with Gasteiger partial charge in [0.2, 0.25) is 0 Å². The van der Waals surface area contributed by atoms with Gasteiger partial charge in [-0.05, 0) is 18.3 Å². The van der Waals surface area contributed by atoms with Crippen molar-refractivity contribution < 1.29 is 4.11 Å². The first kappa shape index (κ1) is 7.56. The number of thioether (sulfide) groups is 1. The largest absolute Gasteiger partial charge is 0.294 e. The van der Waals surface area contributed by atoms with Crippen LogP contribution in [-0.2, 0) is 0 Å². The summed E-state index contributed by atoms with van der Waals surface area (Å²) >= 11 is 0.859. The zero-order chi connectivity index (χ0) is 14.2. The van der Waals surface area contributed by atoms with Crippen LogP contribution in [0.1, 0.15) is 4.11 Å². The molecule has 84 valence electrons. The zero-order valence-electron chi connectivity index (χ0n) is 12.0. The molecule has 17 heavy (non-hydrogen) atoms. The van der Waals surface area contributed by atoms with E-state index in [4.69, 9.17) is 4.11 Å². The number of rotatable bonds is 2. The van der Waals surface area contributed by atoms with Crippen molar-refractivity contribution in [2.75, 3.05) is 6.18 Å². The maximum Gasteiger partial charge on any atom is 0.138 e. The molecule has 0 saturated heterocycles. The summed E-state index contributed by atoms with van der Waals surface area (Å²) in [5, 5.41) is 0.645. The van der Waals surface area contributed by atoms with E-state index in [1.54, 1.807) is 0 Å². The van der Waals surface area contributed by atoms with Gasteiger partial charge in [-0.3, -0.25) is 4.40 Å². The highest BCUT2D eigenvalue weighted by Crippen LogP contribution is 2.30. The number of hydrogen-bond acceptors (Lipinski definition) is 2. The summed E-state index contributed by atoms with van der Waals surface area (Å²) < 4.78 is 24.3. The Balaban J connectivity index is 2.23. The van der Waals surface area contributed by atoms with Crippen molar-refractivity contribution in [1.82, 2.24) is 9.38 Å². The Morgan fingerprint density at radius 3 is 2.76 bits per heavy atom. The van der Waals surface area contributed by atoms with Gasteiger partial charge in [-0.15, -0.1) is 11.8 Å². The minimum Gasteiger partial charge on any atom is -0.294 e. The molecule has 0 bridgehead atoms. The molecule has 2 aromatic heterocycles. The number of benzene rings is 1. The van der Waals surface area contributed by atoms with E-state index in [0.717, 1.165) is 23.0 Å². The second-order valence-corrected chi connectivity index (χ2v) is 4.25. The lowest BCUT2D eigenvalue weighted by Crippen LogP contribution is -1.84. The van der Waals surface area contributed by atoms with E-state index < -0.39 is 6.18 Å². The first-order chi connectivity index (χ1) is 9.54. The van der Waals surface area contributed by atoms with E-state index >= 15 is 0 Å². The summed E-state index contributed by atoms with van der Waals surface area (Å²) in [5.74, 6) is 0. The van der Waals surface area contributed by atoms with Gasteiger partial charge >= 0.3 is 0 Å². The van der Waals surface area contributed by atoms with Crippen molar-refractivity contribution in [1.29, 1.82) is 0 Å². The number of pyridine rings is 1. The topological polar surface area (TPSA) is 17.3 Å². The van der Waals surface area contributed by atoms with E-state index in [1.165, 1.54) is 0 Å². The van der Waals surface area contributed by atoms with Gasteiger partial charge in [0.25, 0.3) is 0 Å². The molecule has 0 amide bonds. The van der Waals surface area contributed by atoms with E-state index in [0.29, 0.717) is 10.7 Å². The minimum atomic E-state index is -2.10. The maximum absolute atomic E-state index is 7.50. The Labute approximate surface area is 109 Å². The molecule has 0 fully saturated rings. The Bertz CT molecular complexity index is 735. The molecule has 3 rings (SSSR count). The molecule has 0 aliphatic rings. The number of aromatic nitrogens is 2. The number of fused-ring (bicyclic) bond motifs is 1. The molecule has 1 aromatic carbocycles. The summed E-state index contributed by atoms with van der Waals surface area (Å²) in [6, 6.07) is 15.3. The second-order valence-electron chi connectivity index (χ2n) is 3.66. The van der Waals surface area contributed by atoms with Crippen molar-refractivity contribution >= 4 is 17.4 Å². The summed E-state index contributed by atoms with van der Waals surface area (Å²) in [4.78, 5) is 4.56. The van der Waals surface area contributed by atoms with Crippen molar-refractivity contribution in [3.05, 3.63) is 54.7 Å². The SMILES string of the molecule is [2H]C([2H])([2H])Sc1c(-c2ccccc2)nc2ccccn12. The third-order valence-electron chi connectivity index (χ3n) is 2.63. The number of imidazole rings is 1. The van der Waals surface area contributed by atoms with E-state index in [-0.39, 0.29) is 0 Å². The predicted molar refractivity (Wildman–Crippen MR) is 72.4 cm³/mol. The van der Waals surface area contributed by atoms with Crippen LogP contribution in [0.5, 0.6) is 0 Å². The Hall–Kier alpha value is -1.74. The molecular weight excluding hydrogens is 228 g/mol. The van der Waals surface area contributed by atoms with Crippen molar-refractivity contribution in [2.45, 2.75) is 5.03 Å². The van der Waals surface area contributed by atoms with Crippen LogP contribution < -0.4 is 0 Å². The Morgan fingerprint density at radius 2 is 1.94 bits per heavy atom. The van der Waals surface area contributed by atoms with E-state index in [9.17, 15) is 0 Å². The van der Waals surface area contributed by atoms with Crippen molar-refractivity contribution in [2.24, 2.45) is 0 Å². The van der Waals surface area contributed by atoms with Crippen molar-refractivity contribution in [3.8, 4) is 11.3 Å². The summed E-state index contributed by atoms with van der Waals surface area (Å²) in [6.07, 6.45) is -0.266. The van der Waals surface area contributed by atoms with Crippen LogP contribution in [0.2, 0.25) is 0 Å². The van der Waals surface area contributed by atoms with Gasteiger partial charge in [0.1, 0.15) is 16.4 Å². The molecule has 0 aliphatic carbocycles. The highest BCUT2D eigenvalue weighted by Gasteiger charge is 2.11. The molecule has 0 atom stereocenters. The number of nitrogens with zero attached hydrogens (tertiary/aromatic N) is 2. The van der Waals surface area contributed by atoms with Gasteiger partial charge < -0.3 is 0 Å². The van der Waals surface area contributed by atoms with Crippen LogP contribution in [0, 0.1) is 0 Å². The molecule has 0 N–H and O–H groups in total. The average Bonchev–Trinajstić information content (AvgIpc) is 2.77. The average molecular weight is 243 g/mol. The van der Waals surface area contributed by atoms with Gasteiger partial charge in [-0.1, -0.05) is 36.4 Å². The lowest BCUT2D eigenvalue weighted by atomic mass is 10.2. The fraction of sp³-hybridized carbons (Fsp3) is 0.0714. The quantitative estimate of drug-likeness (QED) is 0.638. The lowest BCUT2D eigenvalue weighted by Gasteiger charge is -2.00. The van der Waals surface area contributed by atoms with Crippen LogP contribution in [0.15, 0.2) is 59.8 Å². The summed E-state index contributed by atoms with van der Waals surface area (Å²) in [7, 11) is 0. The summed E-state index contributed by atoms with van der Waals surface area (Å²) in [6.45, 7) is 0. The fourth-order valence-electron chi connectivity index (χ4n) is 1.85. The molecule has 3 heteroatoms. The molecule has 2 heterocycles. The lowest BCUT2D eigenvalue weighted by molar-refractivity contribution is 1.05. The molecule has 0 unspecified atom stereocenters. The van der Waals surface area contributed by atoms with Crippen molar-refractivity contribution in [3.63, 3.8) is 0 Å². The Morgan fingerprint density at radius 1 is 1.12 bits per heavy atom. The molecule has 0 saturated carbocycles. The number of hydrogen-bond donors (Lipinski definition) is 0. The first-order valence-electron chi connectivity index (χ1n) is 6.76. The van der Waals surface area contributed by atoms with Crippen LogP contribution in [0.3, 0.4) is 0 Å². The predicted octanol–water partition coefficient (Wildman–Crippen LogP) is 3.72. The smallest absolute Gasteiger partial charge is 0.138 e. The highest BCUT2D eigenvalue weighted by molar-refractivity contribution is 7.98. The first-order valence-corrected chi connectivity index (χ1v) is 6.08. The van der Waals surface area contributed by atoms with Crippen LogP contribution >= 0.6 is 11.8 Å². The van der Waals surface area contributed by atoms with E-state index in [2.05, 4.69) is 4.98 Å². The second kappa shape index (κ2) is 4.26. The maximum atomic E-state index is 7.50. The van der Waals surface area contributed by atoms with Crippen LogP contribution in [0.25, 0.3) is 16.9 Å².